The highest BCUT2D eigenvalue weighted by Crippen LogP contribution is 2.26. The third kappa shape index (κ3) is 6.76. The van der Waals surface area contributed by atoms with Gasteiger partial charge in [0.2, 0.25) is 0 Å². The topological polar surface area (TPSA) is 12.0 Å². The Kier molecular flexibility index (Phi) is 8.25. The quantitative estimate of drug-likeness (QED) is 0.634. The highest BCUT2D eigenvalue weighted by Gasteiger charge is 2.15. The highest BCUT2D eigenvalue weighted by atomic mass is 35.5. The van der Waals surface area contributed by atoms with Gasteiger partial charge in [0.05, 0.1) is 0 Å². The lowest BCUT2D eigenvalue weighted by atomic mass is 9.87. The molecule has 0 saturated carbocycles. The second kappa shape index (κ2) is 9.41. The van der Waals surface area contributed by atoms with Crippen molar-refractivity contribution in [1.29, 1.82) is 0 Å². The lowest BCUT2D eigenvalue weighted by Crippen LogP contribution is -2.26. The number of nitrogens with one attached hydrogen (secondary N) is 1. The standard InChI is InChI=1S/C18H30ClN/c1-5-6-15(4)11-17(13-20-12-14(2)3)16-7-9-18(19)10-8-16/h7-10,14-15,17,20H,5-6,11-13H2,1-4H3. The lowest BCUT2D eigenvalue weighted by Gasteiger charge is -2.22. The zero-order chi connectivity index (χ0) is 15.0. The molecule has 1 nitrogen and oxygen atoms in total. The van der Waals surface area contributed by atoms with E-state index in [9.17, 15) is 0 Å². The molecule has 0 aliphatic heterocycles. The van der Waals surface area contributed by atoms with Crippen molar-refractivity contribution < 1.29 is 0 Å². The van der Waals surface area contributed by atoms with E-state index in [1.165, 1.54) is 24.8 Å². The summed E-state index contributed by atoms with van der Waals surface area (Å²) in [6.07, 6.45) is 3.84. The minimum atomic E-state index is 0.590. The zero-order valence-electron chi connectivity index (χ0n) is 13.5. The van der Waals surface area contributed by atoms with Crippen LogP contribution in [0.25, 0.3) is 0 Å². The summed E-state index contributed by atoms with van der Waals surface area (Å²) in [4.78, 5) is 0. The van der Waals surface area contributed by atoms with Crippen molar-refractivity contribution in [3.05, 3.63) is 34.9 Å². The summed E-state index contributed by atoms with van der Waals surface area (Å²) in [5.41, 5.74) is 1.41. The zero-order valence-corrected chi connectivity index (χ0v) is 14.2. The maximum atomic E-state index is 6.00. The molecule has 0 amide bonds. The smallest absolute Gasteiger partial charge is 0.0406 e. The van der Waals surface area contributed by atoms with Gasteiger partial charge < -0.3 is 5.32 Å². The number of benzene rings is 1. The predicted octanol–water partition coefficient (Wildman–Crippen LogP) is 5.50. The molecule has 0 aliphatic carbocycles. The second-order valence-electron chi connectivity index (χ2n) is 6.43. The molecule has 0 saturated heterocycles. The maximum Gasteiger partial charge on any atom is 0.0406 e. The van der Waals surface area contributed by atoms with E-state index in [0.717, 1.165) is 24.0 Å². The maximum absolute atomic E-state index is 6.00. The third-order valence-electron chi connectivity index (χ3n) is 3.75. The van der Waals surface area contributed by atoms with Crippen molar-refractivity contribution in [1.82, 2.24) is 5.32 Å². The summed E-state index contributed by atoms with van der Waals surface area (Å²) in [7, 11) is 0. The Morgan fingerprint density at radius 2 is 1.70 bits per heavy atom. The number of hydrogen-bond acceptors (Lipinski definition) is 1. The summed E-state index contributed by atoms with van der Waals surface area (Å²) in [6, 6.07) is 8.39. The molecule has 0 heterocycles. The van der Waals surface area contributed by atoms with Crippen LogP contribution in [0.2, 0.25) is 5.02 Å². The first-order valence-electron chi connectivity index (χ1n) is 7.99. The van der Waals surface area contributed by atoms with Gasteiger partial charge >= 0.3 is 0 Å². The summed E-state index contributed by atoms with van der Waals surface area (Å²) < 4.78 is 0. The summed E-state index contributed by atoms with van der Waals surface area (Å²) in [5.74, 6) is 2.07. The molecular formula is C18H30ClN. The van der Waals surface area contributed by atoms with E-state index in [1.54, 1.807) is 0 Å². The van der Waals surface area contributed by atoms with Crippen LogP contribution in [0.15, 0.2) is 24.3 Å². The molecule has 1 aromatic carbocycles. The van der Waals surface area contributed by atoms with Crippen LogP contribution < -0.4 is 5.32 Å². The fourth-order valence-corrected chi connectivity index (χ4v) is 2.84. The molecule has 20 heavy (non-hydrogen) atoms. The van der Waals surface area contributed by atoms with Gasteiger partial charge in [0.1, 0.15) is 0 Å². The van der Waals surface area contributed by atoms with Gasteiger partial charge in [-0.3, -0.25) is 0 Å². The van der Waals surface area contributed by atoms with Crippen molar-refractivity contribution >= 4 is 11.6 Å². The Hall–Kier alpha value is -0.530. The van der Waals surface area contributed by atoms with E-state index < -0.39 is 0 Å². The fraction of sp³-hybridized carbons (Fsp3) is 0.667. The van der Waals surface area contributed by atoms with Gasteiger partial charge in [-0.15, -0.1) is 0 Å². The number of rotatable bonds is 9. The van der Waals surface area contributed by atoms with E-state index in [0.29, 0.717) is 11.8 Å². The van der Waals surface area contributed by atoms with Gasteiger partial charge in [-0.1, -0.05) is 64.3 Å². The SMILES string of the molecule is CCCC(C)CC(CNCC(C)C)c1ccc(Cl)cc1. The van der Waals surface area contributed by atoms with Gasteiger partial charge in [0.25, 0.3) is 0 Å². The van der Waals surface area contributed by atoms with Crippen molar-refractivity contribution in [3.63, 3.8) is 0 Å². The van der Waals surface area contributed by atoms with E-state index in [1.807, 2.05) is 12.1 Å². The van der Waals surface area contributed by atoms with Crippen molar-refractivity contribution in [3.8, 4) is 0 Å². The summed E-state index contributed by atoms with van der Waals surface area (Å²) >= 11 is 6.00. The largest absolute Gasteiger partial charge is 0.316 e. The molecule has 1 aromatic rings. The molecule has 0 spiro atoms. The molecule has 1 rings (SSSR count). The van der Waals surface area contributed by atoms with Crippen molar-refractivity contribution in [2.24, 2.45) is 11.8 Å². The first-order valence-corrected chi connectivity index (χ1v) is 8.36. The molecule has 2 unspecified atom stereocenters. The molecule has 1 N–H and O–H groups in total. The number of halogens is 1. The summed E-state index contributed by atoms with van der Waals surface area (Å²) in [5, 5.41) is 4.44. The Morgan fingerprint density at radius 1 is 1.05 bits per heavy atom. The van der Waals surface area contributed by atoms with Crippen LogP contribution in [-0.4, -0.2) is 13.1 Å². The van der Waals surface area contributed by atoms with Crippen molar-refractivity contribution in [2.75, 3.05) is 13.1 Å². The fourth-order valence-electron chi connectivity index (χ4n) is 2.71. The molecule has 2 atom stereocenters. The van der Waals surface area contributed by atoms with E-state index in [4.69, 9.17) is 11.6 Å². The monoisotopic (exact) mass is 295 g/mol. The Bertz CT molecular complexity index is 358. The third-order valence-corrected chi connectivity index (χ3v) is 4.01. The molecule has 0 aliphatic rings. The van der Waals surface area contributed by atoms with Crippen LogP contribution in [0.1, 0.15) is 58.4 Å². The molecule has 0 bridgehead atoms. The molecule has 0 aromatic heterocycles. The van der Waals surface area contributed by atoms with Crippen LogP contribution in [0.4, 0.5) is 0 Å². The normalized spacial score (nSPS) is 14.5. The Labute approximate surface area is 130 Å². The van der Waals surface area contributed by atoms with Crippen LogP contribution in [0.3, 0.4) is 0 Å². The first kappa shape index (κ1) is 17.5. The van der Waals surface area contributed by atoms with E-state index >= 15 is 0 Å². The Balaban J connectivity index is 2.65. The summed E-state index contributed by atoms with van der Waals surface area (Å²) in [6.45, 7) is 11.3. The molecular weight excluding hydrogens is 266 g/mol. The lowest BCUT2D eigenvalue weighted by molar-refractivity contribution is 0.412. The van der Waals surface area contributed by atoms with Crippen LogP contribution in [0.5, 0.6) is 0 Å². The van der Waals surface area contributed by atoms with Gasteiger partial charge in [-0.2, -0.15) is 0 Å². The van der Waals surface area contributed by atoms with Gasteiger partial charge in [-0.05, 0) is 48.4 Å². The molecule has 0 fully saturated rings. The Morgan fingerprint density at radius 3 is 2.25 bits per heavy atom. The van der Waals surface area contributed by atoms with Crippen LogP contribution in [-0.2, 0) is 0 Å². The average Bonchev–Trinajstić information content (AvgIpc) is 2.38. The van der Waals surface area contributed by atoms with Crippen LogP contribution in [0, 0.1) is 11.8 Å². The first-order chi connectivity index (χ1) is 9.52. The van der Waals surface area contributed by atoms with Crippen LogP contribution >= 0.6 is 11.6 Å². The van der Waals surface area contributed by atoms with Crippen molar-refractivity contribution in [2.45, 2.75) is 52.9 Å². The number of hydrogen-bond donors (Lipinski definition) is 1. The molecule has 114 valence electrons. The van der Waals surface area contributed by atoms with Gasteiger partial charge in [-0.25, -0.2) is 0 Å². The van der Waals surface area contributed by atoms with E-state index in [-0.39, 0.29) is 0 Å². The predicted molar refractivity (Wildman–Crippen MR) is 90.6 cm³/mol. The average molecular weight is 296 g/mol. The highest BCUT2D eigenvalue weighted by molar-refractivity contribution is 6.30. The minimum Gasteiger partial charge on any atom is -0.316 e. The van der Waals surface area contributed by atoms with Gasteiger partial charge in [0.15, 0.2) is 0 Å². The minimum absolute atomic E-state index is 0.590. The second-order valence-corrected chi connectivity index (χ2v) is 6.87. The van der Waals surface area contributed by atoms with Gasteiger partial charge in [0, 0.05) is 11.6 Å². The molecule has 2 heteroatoms. The molecule has 0 radical (unpaired) electrons. The van der Waals surface area contributed by atoms with E-state index in [2.05, 4.69) is 45.1 Å².